The highest BCUT2D eigenvalue weighted by atomic mass is 35.5. The summed E-state index contributed by atoms with van der Waals surface area (Å²) in [6, 6.07) is 4.29. The molecule has 0 radical (unpaired) electrons. The lowest BCUT2D eigenvalue weighted by Gasteiger charge is -2.07. The van der Waals surface area contributed by atoms with E-state index < -0.39 is 4.92 Å². The van der Waals surface area contributed by atoms with Crippen molar-refractivity contribution in [3.8, 4) is 0 Å². The third-order valence-electron chi connectivity index (χ3n) is 2.90. The minimum atomic E-state index is -0.462. The number of nitro groups is 1. The van der Waals surface area contributed by atoms with Crippen molar-refractivity contribution < 1.29 is 4.92 Å². The van der Waals surface area contributed by atoms with Crippen molar-refractivity contribution in [2.45, 2.75) is 6.54 Å². The van der Waals surface area contributed by atoms with Crippen molar-refractivity contribution >= 4 is 34.3 Å². The number of hydrogen-bond donors (Lipinski definition) is 2. The molecule has 0 spiro atoms. The summed E-state index contributed by atoms with van der Waals surface area (Å²) < 4.78 is 0. The van der Waals surface area contributed by atoms with Gasteiger partial charge in [0.15, 0.2) is 11.5 Å². The predicted octanol–water partition coefficient (Wildman–Crippen LogP) is 2.53. The fourth-order valence-corrected chi connectivity index (χ4v) is 2.07. The lowest BCUT2D eigenvalue weighted by Crippen LogP contribution is -2.03. The Kier molecular flexibility index (Phi) is 3.36. The number of imidazole rings is 1. The first-order valence-electron chi connectivity index (χ1n) is 5.96. The Morgan fingerprint density at radius 1 is 1.33 bits per heavy atom. The molecule has 21 heavy (non-hydrogen) atoms. The number of non-ortho nitro benzene ring substituents is 1. The third-order valence-corrected chi connectivity index (χ3v) is 3.27. The molecule has 106 valence electrons. The molecular formula is C12H9ClN6O2. The van der Waals surface area contributed by atoms with Crippen LogP contribution in [0, 0.1) is 10.1 Å². The molecule has 0 unspecified atom stereocenters. The topological polar surface area (TPSA) is 110 Å². The maximum Gasteiger partial charge on any atom is 0.269 e. The van der Waals surface area contributed by atoms with E-state index in [0.717, 1.165) is 0 Å². The van der Waals surface area contributed by atoms with Crippen LogP contribution in [0.15, 0.2) is 30.9 Å². The van der Waals surface area contributed by atoms with Gasteiger partial charge in [-0.15, -0.1) is 0 Å². The first kappa shape index (κ1) is 13.3. The fraction of sp³-hybridized carbons (Fsp3) is 0.0833. The minimum absolute atomic E-state index is 0.0104. The summed E-state index contributed by atoms with van der Waals surface area (Å²) in [5.41, 5.74) is 1.80. The zero-order valence-corrected chi connectivity index (χ0v) is 11.3. The number of aromatic nitrogens is 4. The summed E-state index contributed by atoms with van der Waals surface area (Å²) in [6.45, 7) is 0.291. The molecule has 8 nitrogen and oxygen atoms in total. The van der Waals surface area contributed by atoms with Gasteiger partial charge in [-0.25, -0.2) is 15.0 Å². The molecule has 0 saturated carbocycles. The van der Waals surface area contributed by atoms with Gasteiger partial charge in [-0.1, -0.05) is 11.6 Å². The average Bonchev–Trinajstić information content (AvgIpc) is 2.95. The lowest BCUT2D eigenvalue weighted by molar-refractivity contribution is -0.384. The highest BCUT2D eigenvalue weighted by molar-refractivity contribution is 6.31. The monoisotopic (exact) mass is 304 g/mol. The van der Waals surface area contributed by atoms with E-state index >= 15 is 0 Å². The minimum Gasteiger partial charge on any atom is -0.364 e. The number of aromatic amines is 1. The molecular weight excluding hydrogens is 296 g/mol. The summed E-state index contributed by atoms with van der Waals surface area (Å²) in [6.07, 6.45) is 2.92. The second-order valence-corrected chi connectivity index (χ2v) is 4.62. The molecule has 1 aromatic carbocycles. The van der Waals surface area contributed by atoms with Gasteiger partial charge in [-0.3, -0.25) is 10.1 Å². The number of nitrogens with one attached hydrogen (secondary N) is 2. The number of benzene rings is 1. The average molecular weight is 305 g/mol. The van der Waals surface area contributed by atoms with Gasteiger partial charge in [0.1, 0.15) is 11.8 Å². The van der Waals surface area contributed by atoms with Crippen LogP contribution >= 0.6 is 11.6 Å². The van der Waals surface area contributed by atoms with Gasteiger partial charge in [-0.2, -0.15) is 0 Å². The van der Waals surface area contributed by atoms with Crippen LogP contribution in [-0.2, 0) is 6.54 Å². The fourth-order valence-electron chi connectivity index (χ4n) is 1.88. The van der Waals surface area contributed by atoms with Crippen molar-refractivity contribution in [3.63, 3.8) is 0 Å². The van der Waals surface area contributed by atoms with Crippen LogP contribution in [-0.4, -0.2) is 24.9 Å². The van der Waals surface area contributed by atoms with Crippen LogP contribution in [0.5, 0.6) is 0 Å². The van der Waals surface area contributed by atoms with Gasteiger partial charge >= 0.3 is 0 Å². The number of rotatable bonds is 4. The number of anilines is 1. The molecule has 0 bridgehead atoms. The lowest BCUT2D eigenvalue weighted by atomic mass is 10.2. The van der Waals surface area contributed by atoms with E-state index in [9.17, 15) is 10.1 Å². The van der Waals surface area contributed by atoms with Crippen LogP contribution in [0.1, 0.15) is 5.56 Å². The van der Waals surface area contributed by atoms with Crippen molar-refractivity contribution in [1.29, 1.82) is 0 Å². The van der Waals surface area contributed by atoms with E-state index in [2.05, 4.69) is 25.3 Å². The van der Waals surface area contributed by atoms with Crippen molar-refractivity contribution in [3.05, 3.63) is 51.6 Å². The van der Waals surface area contributed by atoms with E-state index in [1.807, 2.05) is 0 Å². The first-order chi connectivity index (χ1) is 10.1. The summed E-state index contributed by atoms with van der Waals surface area (Å²) in [4.78, 5) is 25.4. The maximum absolute atomic E-state index is 10.8. The largest absolute Gasteiger partial charge is 0.364 e. The van der Waals surface area contributed by atoms with Crippen molar-refractivity contribution in [2.24, 2.45) is 0 Å². The van der Waals surface area contributed by atoms with E-state index in [-0.39, 0.29) is 5.69 Å². The third kappa shape index (κ3) is 2.61. The van der Waals surface area contributed by atoms with E-state index in [1.54, 1.807) is 0 Å². The number of hydrogen-bond acceptors (Lipinski definition) is 6. The Morgan fingerprint density at radius 2 is 2.19 bits per heavy atom. The van der Waals surface area contributed by atoms with Gasteiger partial charge in [-0.05, 0) is 11.6 Å². The number of nitro benzene ring substituents is 1. The van der Waals surface area contributed by atoms with Gasteiger partial charge in [0.2, 0.25) is 0 Å². The van der Waals surface area contributed by atoms with Gasteiger partial charge < -0.3 is 10.3 Å². The molecule has 2 N–H and O–H groups in total. The molecule has 3 aromatic rings. The van der Waals surface area contributed by atoms with Crippen LogP contribution in [0.4, 0.5) is 11.5 Å². The Labute approximate surface area is 123 Å². The standard InChI is InChI=1S/C12H9ClN6O2/c13-9-2-1-8(19(20)21)3-7(9)4-14-11-10-12(16-5-15-10)18-6-17-11/h1-3,5-6H,4H2,(H2,14,15,16,17,18). The zero-order valence-electron chi connectivity index (χ0n) is 10.6. The van der Waals surface area contributed by atoms with Gasteiger partial charge in [0.05, 0.1) is 11.3 Å². The Balaban J connectivity index is 1.86. The van der Waals surface area contributed by atoms with Crippen LogP contribution < -0.4 is 5.32 Å². The molecule has 3 rings (SSSR count). The van der Waals surface area contributed by atoms with Gasteiger partial charge in [0, 0.05) is 23.7 Å². The molecule has 2 aromatic heterocycles. The van der Waals surface area contributed by atoms with Gasteiger partial charge in [0.25, 0.3) is 5.69 Å². The molecule has 0 amide bonds. The summed E-state index contributed by atoms with van der Waals surface area (Å²) in [5.74, 6) is 0.531. The predicted molar refractivity (Wildman–Crippen MR) is 77.1 cm³/mol. The molecule has 2 heterocycles. The number of fused-ring (bicyclic) bond motifs is 1. The number of nitrogens with zero attached hydrogens (tertiary/aromatic N) is 4. The quantitative estimate of drug-likeness (QED) is 0.566. The number of H-pyrrole nitrogens is 1. The molecule has 0 atom stereocenters. The highest BCUT2D eigenvalue weighted by Gasteiger charge is 2.11. The van der Waals surface area contributed by atoms with Crippen molar-refractivity contribution in [1.82, 2.24) is 19.9 Å². The second-order valence-electron chi connectivity index (χ2n) is 4.21. The molecule has 0 aliphatic heterocycles. The Hall–Kier alpha value is -2.74. The second kappa shape index (κ2) is 5.33. The first-order valence-corrected chi connectivity index (χ1v) is 6.33. The molecule has 0 saturated heterocycles. The Morgan fingerprint density at radius 3 is 3.00 bits per heavy atom. The smallest absolute Gasteiger partial charge is 0.269 e. The maximum atomic E-state index is 10.8. The summed E-state index contributed by atoms with van der Waals surface area (Å²) in [7, 11) is 0. The normalized spacial score (nSPS) is 10.7. The van der Waals surface area contributed by atoms with E-state index in [1.165, 1.54) is 30.9 Å². The van der Waals surface area contributed by atoms with Crippen molar-refractivity contribution in [2.75, 3.05) is 5.32 Å². The molecule has 0 fully saturated rings. The molecule has 9 heteroatoms. The SMILES string of the molecule is O=[N+]([O-])c1ccc(Cl)c(CNc2ncnc3[nH]cnc23)c1. The van der Waals surface area contributed by atoms with E-state index in [0.29, 0.717) is 34.1 Å². The van der Waals surface area contributed by atoms with Crippen LogP contribution in [0.25, 0.3) is 11.2 Å². The zero-order chi connectivity index (χ0) is 14.8. The van der Waals surface area contributed by atoms with Crippen LogP contribution in [0.3, 0.4) is 0 Å². The highest BCUT2D eigenvalue weighted by Crippen LogP contribution is 2.23. The van der Waals surface area contributed by atoms with Crippen LogP contribution in [0.2, 0.25) is 5.02 Å². The Bertz CT molecular complexity index is 818. The van der Waals surface area contributed by atoms with E-state index in [4.69, 9.17) is 11.6 Å². The molecule has 0 aliphatic rings. The number of halogens is 1. The summed E-state index contributed by atoms with van der Waals surface area (Å²) in [5, 5.41) is 14.3. The summed E-state index contributed by atoms with van der Waals surface area (Å²) >= 11 is 6.05. The molecule has 0 aliphatic carbocycles.